The molecule has 3 aromatic carbocycles. The molecule has 0 spiro atoms. The fraction of sp³-hybridized carbons (Fsp3) is 0.231. The molecule has 5 nitrogen and oxygen atoms in total. The number of hydrogen-bond donors (Lipinski definition) is 2. The average molecular weight is 560 g/mol. The fourth-order valence-electron chi connectivity index (χ4n) is 3.80. The third-order valence-electron chi connectivity index (χ3n) is 5.50. The number of urea groups is 1. The van der Waals surface area contributed by atoms with E-state index in [0.717, 1.165) is 12.1 Å². The minimum Gasteiger partial charge on any atom is -0.428 e. The number of halogens is 8. The standard InChI is InChI=1S/C26H20F8N2O3/c27-20-10-19(11-21(12-20)39-26(33,34)22(28)29)24(13-16-4-2-1-3-5-16,18-8-6-17(14-37)7-9-18)36-23(38)35-15-25(30,31)32/h1-12,14,22H,13,15H2,(H2,35,36,38)/t24-/m1/s1. The highest BCUT2D eigenvalue weighted by molar-refractivity contribution is 5.77. The van der Waals surface area contributed by atoms with Crippen molar-refractivity contribution >= 4 is 12.3 Å². The van der Waals surface area contributed by atoms with Crippen LogP contribution >= 0.6 is 0 Å². The van der Waals surface area contributed by atoms with Crippen LogP contribution < -0.4 is 15.4 Å². The van der Waals surface area contributed by atoms with E-state index in [9.17, 15) is 44.7 Å². The fourth-order valence-corrected chi connectivity index (χ4v) is 3.80. The van der Waals surface area contributed by atoms with Crippen LogP contribution in [-0.4, -0.2) is 37.6 Å². The second kappa shape index (κ2) is 11.7. The number of carbonyl (C=O) groups is 2. The number of rotatable bonds is 10. The molecule has 39 heavy (non-hydrogen) atoms. The van der Waals surface area contributed by atoms with Crippen molar-refractivity contribution in [3.8, 4) is 5.75 Å². The summed E-state index contributed by atoms with van der Waals surface area (Å²) in [5.74, 6) is -2.26. The van der Waals surface area contributed by atoms with E-state index in [4.69, 9.17) is 0 Å². The van der Waals surface area contributed by atoms with Crippen LogP contribution in [0.2, 0.25) is 0 Å². The van der Waals surface area contributed by atoms with E-state index >= 15 is 0 Å². The van der Waals surface area contributed by atoms with Crippen molar-refractivity contribution in [2.45, 2.75) is 30.7 Å². The zero-order chi connectivity index (χ0) is 28.8. The number of benzene rings is 3. The van der Waals surface area contributed by atoms with Crippen molar-refractivity contribution in [1.29, 1.82) is 0 Å². The lowest BCUT2D eigenvalue weighted by atomic mass is 9.77. The summed E-state index contributed by atoms with van der Waals surface area (Å²) in [6.45, 7) is -1.73. The lowest BCUT2D eigenvalue weighted by Crippen LogP contribution is -2.53. The zero-order valence-electron chi connectivity index (χ0n) is 19.7. The molecular formula is C26H20F8N2O3. The van der Waals surface area contributed by atoms with Gasteiger partial charge in [0.05, 0.1) is 5.54 Å². The van der Waals surface area contributed by atoms with Gasteiger partial charge in [0.2, 0.25) is 0 Å². The molecule has 0 saturated carbocycles. The third kappa shape index (κ3) is 7.68. The van der Waals surface area contributed by atoms with Crippen molar-refractivity contribution < 1.29 is 49.4 Å². The van der Waals surface area contributed by atoms with Crippen LogP contribution in [0.3, 0.4) is 0 Å². The van der Waals surface area contributed by atoms with Gasteiger partial charge in [-0.3, -0.25) is 4.79 Å². The van der Waals surface area contributed by atoms with E-state index < -0.39 is 48.4 Å². The molecule has 0 aliphatic rings. The minimum atomic E-state index is -5.00. The van der Waals surface area contributed by atoms with Gasteiger partial charge in [0.15, 0.2) is 0 Å². The van der Waals surface area contributed by atoms with Crippen molar-refractivity contribution in [2.75, 3.05) is 6.54 Å². The van der Waals surface area contributed by atoms with Gasteiger partial charge >= 0.3 is 24.7 Å². The Kier molecular flexibility index (Phi) is 8.82. The number of ether oxygens (including phenoxy) is 1. The third-order valence-corrected chi connectivity index (χ3v) is 5.50. The Labute approximate surface area is 216 Å². The van der Waals surface area contributed by atoms with Crippen LogP contribution in [0.1, 0.15) is 27.0 Å². The molecule has 0 bridgehead atoms. The topological polar surface area (TPSA) is 67.4 Å². The van der Waals surface area contributed by atoms with Gasteiger partial charge in [0, 0.05) is 18.1 Å². The molecular weight excluding hydrogens is 540 g/mol. The van der Waals surface area contributed by atoms with Gasteiger partial charge < -0.3 is 15.4 Å². The molecule has 2 amide bonds. The summed E-state index contributed by atoms with van der Waals surface area (Å²) in [5, 5.41) is 4.00. The van der Waals surface area contributed by atoms with E-state index in [2.05, 4.69) is 10.1 Å². The molecule has 0 heterocycles. The van der Waals surface area contributed by atoms with Gasteiger partial charge in [0.25, 0.3) is 0 Å². The van der Waals surface area contributed by atoms with Crippen molar-refractivity contribution in [3.63, 3.8) is 0 Å². The first-order valence-electron chi connectivity index (χ1n) is 11.1. The number of carbonyl (C=O) groups excluding carboxylic acids is 2. The molecule has 1 atom stereocenters. The molecule has 0 aliphatic heterocycles. The van der Waals surface area contributed by atoms with Gasteiger partial charge in [-0.2, -0.15) is 30.7 Å². The molecule has 3 rings (SSSR count). The zero-order valence-corrected chi connectivity index (χ0v) is 19.7. The van der Waals surface area contributed by atoms with Crippen molar-refractivity contribution in [2.24, 2.45) is 0 Å². The van der Waals surface area contributed by atoms with Gasteiger partial charge in [-0.15, -0.1) is 0 Å². The summed E-state index contributed by atoms with van der Waals surface area (Å²) < 4.78 is 110. The predicted octanol–water partition coefficient (Wildman–Crippen LogP) is 6.22. The highest BCUT2D eigenvalue weighted by Gasteiger charge is 2.45. The molecule has 0 aromatic heterocycles. The first-order valence-corrected chi connectivity index (χ1v) is 11.1. The van der Waals surface area contributed by atoms with Crippen LogP contribution in [0.5, 0.6) is 5.75 Å². The number of alkyl halides is 7. The summed E-state index contributed by atoms with van der Waals surface area (Å²) in [4.78, 5) is 23.9. The smallest absolute Gasteiger partial charge is 0.428 e. The summed E-state index contributed by atoms with van der Waals surface area (Å²) in [7, 11) is 0. The van der Waals surface area contributed by atoms with Gasteiger partial charge in [-0.1, -0.05) is 54.6 Å². The van der Waals surface area contributed by atoms with Crippen LogP contribution in [0.15, 0.2) is 72.8 Å². The number of amides is 2. The van der Waals surface area contributed by atoms with Crippen LogP contribution in [0.25, 0.3) is 0 Å². The first kappa shape index (κ1) is 29.4. The molecule has 0 radical (unpaired) electrons. The predicted molar refractivity (Wildman–Crippen MR) is 123 cm³/mol. The highest BCUT2D eigenvalue weighted by atomic mass is 19.4. The number of hydrogen-bond acceptors (Lipinski definition) is 3. The maximum absolute atomic E-state index is 14.7. The highest BCUT2D eigenvalue weighted by Crippen LogP contribution is 2.38. The van der Waals surface area contributed by atoms with Gasteiger partial charge in [-0.05, 0) is 28.8 Å². The van der Waals surface area contributed by atoms with E-state index in [1.165, 1.54) is 24.3 Å². The van der Waals surface area contributed by atoms with Crippen LogP contribution in [0, 0.1) is 5.82 Å². The first-order chi connectivity index (χ1) is 18.2. The Morgan fingerprint density at radius 2 is 1.54 bits per heavy atom. The summed E-state index contributed by atoms with van der Waals surface area (Å²) in [6, 6.07) is 13.8. The monoisotopic (exact) mass is 560 g/mol. The number of nitrogens with one attached hydrogen (secondary N) is 2. The summed E-state index contributed by atoms with van der Waals surface area (Å²) >= 11 is 0. The molecule has 208 valence electrons. The number of aldehydes is 1. The van der Waals surface area contributed by atoms with E-state index in [1.807, 2.05) is 0 Å². The molecule has 3 aromatic rings. The Bertz CT molecular complexity index is 1280. The molecule has 13 heteroatoms. The summed E-state index contributed by atoms with van der Waals surface area (Å²) in [6.07, 6.45) is -13.8. The van der Waals surface area contributed by atoms with Crippen LogP contribution in [0.4, 0.5) is 39.9 Å². The van der Waals surface area contributed by atoms with Crippen molar-refractivity contribution in [3.05, 3.63) is 101 Å². The van der Waals surface area contributed by atoms with Gasteiger partial charge in [0.1, 0.15) is 24.4 Å². The second-order valence-electron chi connectivity index (χ2n) is 8.37. The molecule has 0 fully saturated rings. The average Bonchev–Trinajstić information content (AvgIpc) is 2.86. The van der Waals surface area contributed by atoms with Crippen molar-refractivity contribution in [1.82, 2.24) is 10.6 Å². The van der Waals surface area contributed by atoms with E-state index in [1.54, 1.807) is 35.6 Å². The Morgan fingerprint density at radius 1 is 0.897 bits per heavy atom. The van der Waals surface area contributed by atoms with Crippen LogP contribution in [-0.2, 0) is 12.0 Å². The quantitative estimate of drug-likeness (QED) is 0.229. The normalized spacial score (nSPS) is 13.5. The van der Waals surface area contributed by atoms with Gasteiger partial charge in [-0.25, -0.2) is 9.18 Å². The largest absolute Gasteiger partial charge is 0.461 e. The molecule has 2 N–H and O–H groups in total. The maximum atomic E-state index is 14.7. The minimum absolute atomic E-state index is 0.0938. The lowest BCUT2D eigenvalue weighted by molar-refractivity contribution is -0.253. The Morgan fingerprint density at radius 3 is 2.10 bits per heavy atom. The van der Waals surface area contributed by atoms with E-state index in [-0.39, 0.29) is 23.1 Å². The molecule has 0 saturated heterocycles. The van der Waals surface area contributed by atoms with E-state index in [0.29, 0.717) is 17.9 Å². The summed E-state index contributed by atoms with van der Waals surface area (Å²) in [5.41, 5.74) is -1.58. The Balaban J connectivity index is 2.23. The SMILES string of the molecule is O=Cc1ccc([C@@](Cc2ccccc2)(NC(=O)NCC(F)(F)F)c2cc(F)cc(OC(F)(F)C(F)F)c2)cc1. The Hall–Kier alpha value is -4.16. The second-order valence-corrected chi connectivity index (χ2v) is 8.37. The molecule has 0 aliphatic carbocycles. The lowest BCUT2D eigenvalue weighted by Gasteiger charge is -2.37. The molecule has 0 unspecified atom stereocenters. The maximum Gasteiger partial charge on any atom is 0.461 e.